The fourth-order valence-corrected chi connectivity index (χ4v) is 5.09. The number of ether oxygens (including phenoxy) is 1. The number of anilines is 1. The maximum Gasteiger partial charge on any atom is 0.410 e. The number of nitrogens with zero attached hydrogens (tertiary/aromatic N) is 2. The van der Waals surface area contributed by atoms with Crippen molar-refractivity contribution in [2.45, 2.75) is 102 Å². The first-order chi connectivity index (χ1) is 15.8. The van der Waals surface area contributed by atoms with E-state index in [4.69, 9.17) is 9.88 Å². The second kappa shape index (κ2) is 11.5. The monoisotopic (exact) mass is 494 g/mol. The number of carbonyl (C=O) groups excluding carboxylic acids is 1. The van der Waals surface area contributed by atoms with Crippen LogP contribution in [0, 0.1) is 5.92 Å². The van der Waals surface area contributed by atoms with Gasteiger partial charge in [0.1, 0.15) is 11.4 Å². The van der Waals surface area contributed by atoms with E-state index in [1.165, 1.54) is 6.07 Å². The molecule has 9 heteroatoms. The average molecular weight is 495 g/mol. The van der Waals surface area contributed by atoms with Crippen molar-refractivity contribution < 1.29 is 17.9 Å². The number of pyridine rings is 1. The molecule has 1 saturated heterocycles. The summed E-state index contributed by atoms with van der Waals surface area (Å²) in [5.74, 6) is 0.809. The molecular weight excluding hydrogens is 452 g/mol. The fourth-order valence-electron chi connectivity index (χ4n) is 4.60. The minimum atomic E-state index is -3.87. The van der Waals surface area contributed by atoms with Gasteiger partial charge in [0, 0.05) is 18.1 Å². The maximum atomic E-state index is 13.0. The standard InChI is InChI=1S/C25H42N4O4S/c1-7-9-16-25(5,6)33-23(30)29-18-19(17-24(29,3)4)14-15-20(11-8-2)27-21-12-10-13-22(28-21)34(26,31)32/h8,10,12-13,19-20H,2,7,9,11,14-18H2,1,3-6H3,(H,27,28)(H2,26,31,32)/t19-,20?/m0/s1. The van der Waals surface area contributed by atoms with Crippen LogP contribution in [0.4, 0.5) is 10.6 Å². The van der Waals surface area contributed by atoms with Crippen molar-refractivity contribution in [3.8, 4) is 0 Å². The van der Waals surface area contributed by atoms with Crippen LogP contribution >= 0.6 is 0 Å². The molecule has 2 rings (SSSR count). The van der Waals surface area contributed by atoms with Crippen molar-refractivity contribution in [2.75, 3.05) is 11.9 Å². The van der Waals surface area contributed by atoms with Crippen LogP contribution in [0.1, 0.15) is 79.6 Å². The predicted molar refractivity (Wildman–Crippen MR) is 136 cm³/mol. The normalized spacial score (nSPS) is 19.0. The molecule has 1 aromatic heterocycles. The van der Waals surface area contributed by atoms with E-state index in [0.717, 1.165) is 38.5 Å². The molecule has 192 valence electrons. The number of primary sulfonamides is 1. The molecule has 8 nitrogen and oxygen atoms in total. The largest absolute Gasteiger partial charge is 0.443 e. The van der Waals surface area contributed by atoms with E-state index in [1.807, 2.05) is 24.8 Å². The second-order valence-corrected chi connectivity index (χ2v) is 12.1. The molecule has 1 aromatic rings. The van der Waals surface area contributed by atoms with E-state index < -0.39 is 15.6 Å². The molecule has 2 atom stereocenters. The Balaban J connectivity index is 1.99. The first kappa shape index (κ1) is 28.1. The Morgan fingerprint density at radius 1 is 1.44 bits per heavy atom. The fraction of sp³-hybridized carbons (Fsp3) is 0.680. The number of hydrogen-bond donors (Lipinski definition) is 2. The van der Waals surface area contributed by atoms with Crippen molar-refractivity contribution in [2.24, 2.45) is 11.1 Å². The van der Waals surface area contributed by atoms with Crippen LogP contribution in [0.25, 0.3) is 0 Å². The molecule has 0 aromatic carbocycles. The Morgan fingerprint density at radius 2 is 2.15 bits per heavy atom. The minimum Gasteiger partial charge on any atom is -0.443 e. The SMILES string of the molecule is C=CCC(CC[C@@H]1CN(C(=O)OC(C)(C)CCCC)C(C)(C)C1)Nc1cccc(S(N)(=O)=O)n1. The number of aromatic nitrogens is 1. The van der Waals surface area contributed by atoms with Crippen LogP contribution in [0.5, 0.6) is 0 Å². The van der Waals surface area contributed by atoms with E-state index in [1.54, 1.807) is 12.1 Å². The van der Waals surface area contributed by atoms with Gasteiger partial charge in [-0.05, 0) is 84.3 Å². The molecule has 0 radical (unpaired) electrons. The lowest BCUT2D eigenvalue weighted by atomic mass is 9.91. The number of likely N-dealkylation sites (tertiary alicyclic amines) is 1. The summed E-state index contributed by atoms with van der Waals surface area (Å²) in [6.45, 7) is 14.8. The molecule has 1 aliphatic heterocycles. The maximum absolute atomic E-state index is 13.0. The second-order valence-electron chi connectivity index (χ2n) is 10.6. The Labute approximate surface area is 205 Å². The van der Waals surface area contributed by atoms with Gasteiger partial charge in [-0.25, -0.2) is 23.3 Å². The van der Waals surface area contributed by atoms with Crippen molar-refractivity contribution in [3.05, 3.63) is 30.9 Å². The highest BCUT2D eigenvalue weighted by Gasteiger charge is 2.43. The molecular formula is C25H42N4O4S. The third kappa shape index (κ3) is 8.27. The molecule has 1 fully saturated rings. The van der Waals surface area contributed by atoms with Crippen LogP contribution in [-0.4, -0.2) is 48.1 Å². The van der Waals surface area contributed by atoms with E-state index >= 15 is 0 Å². The van der Waals surface area contributed by atoms with Crippen LogP contribution in [0.2, 0.25) is 0 Å². The van der Waals surface area contributed by atoms with Crippen molar-refractivity contribution in [1.29, 1.82) is 0 Å². The van der Waals surface area contributed by atoms with Gasteiger partial charge in [-0.15, -0.1) is 6.58 Å². The number of nitrogens with two attached hydrogens (primary N) is 1. The highest BCUT2D eigenvalue weighted by molar-refractivity contribution is 7.89. The molecule has 1 amide bonds. The highest BCUT2D eigenvalue weighted by atomic mass is 32.2. The quantitative estimate of drug-likeness (QED) is 0.392. The molecule has 3 N–H and O–H groups in total. The van der Waals surface area contributed by atoms with Gasteiger partial charge in [0.25, 0.3) is 10.0 Å². The minimum absolute atomic E-state index is 0.0396. The number of unbranched alkanes of at least 4 members (excludes halogenated alkanes) is 1. The topological polar surface area (TPSA) is 115 Å². The summed E-state index contributed by atoms with van der Waals surface area (Å²) < 4.78 is 29.1. The average Bonchev–Trinajstić information content (AvgIpc) is 3.04. The van der Waals surface area contributed by atoms with Crippen molar-refractivity contribution >= 4 is 21.9 Å². The lowest BCUT2D eigenvalue weighted by molar-refractivity contribution is -0.00275. The summed E-state index contributed by atoms with van der Waals surface area (Å²) in [6, 6.07) is 4.76. The first-order valence-corrected chi connectivity index (χ1v) is 13.7. The molecule has 0 saturated carbocycles. The molecule has 0 aliphatic carbocycles. The van der Waals surface area contributed by atoms with Gasteiger partial charge in [-0.2, -0.15) is 0 Å². The lowest BCUT2D eigenvalue weighted by Gasteiger charge is -2.34. The zero-order valence-corrected chi connectivity index (χ0v) is 22.2. The Hall–Kier alpha value is -2.13. The third-order valence-electron chi connectivity index (χ3n) is 6.42. The zero-order valence-electron chi connectivity index (χ0n) is 21.3. The van der Waals surface area contributed by atoms with Crippen LogP contribution < -0.4 is 10.5 Å². The Kier molecular flexibility index (Phi) is 9.53. The molecule has 1 aliphatic rings. The molecule has 0 bridgehead atoms. The summed E-state index contributed by atoms with van der Waals surface area (Å²) in [7, 11) is -3.87. The van der Waals surface area contributed by atoms with E-state index in [2.05, 4.69) is 37.7 Å². The Morgan fingerprint density at radius 3 is 2.76 bits per heavy atom. The van der Waals surface area contributed by atoms with Crippen molar-refractivity contribution in [3.63, 3.8) is 0 Å². The van der Waals surface area contributed by atoms with Gasteiger partial charge in [-0.3, -0.25) is 0 Å². The summed E-state index contributed by atoms with van der Waals surface area (Å²) in [5.41, 5.74) is -0.742. The van der Waals surface area contributed by atoms with Gasteiger partial charge >= 0.3 is 6.09 Å². The molecule has 2 heterocycles. The highest BCUT2D eigenvalue weighted by Crippen LogP contribution is 2.37. The van der Waals surface area contributed by atoms with Gasteiger partial charge < -0.3 is 15.0 Å². The van der Waals surface area contributed by atoms with E-state index in [0.29, 0.717) is 24.7 Å². The summed E-state index contributed by atoms with van der Waals surface area (Å²) in [4.78, 5) is 19.0. The third-order valence-corrected chi connectivity index (χ3v) is 7.23. The van der Waals surface area contributed by atoms with E-state index in [-0.39, 0.29) is 22.7 Å². The zero-order chi connectivity index (χ0) is 25.6. The molecule has 0 spiro atoms. The summed E-state index contributed by atoms with van der Waals surface area (Å²) in [5, 5.41) is 8.36. The van der Waals surface area contributed by atoms with Crippen LogP contribution in [0.3, 0.4) is 0 Å². The van der Waals surface area contributed by atoms with Crippen LogP contribution in [-0.2, 0) is 14.8 Å². The summed E-state index contributed by atoms with van der Waals surface area (Å²) >= 11 is 0. The lowest BCUT2D eigenvalue weighted by Crippen LogP contribution is -2.45. The number of carbonyl (C=O) groups is 1. The Bertz CT molecular complexity index is 946. The number of sulfonamides is 1. The van der Waals surface area contributed by atoms with Gasteiger partial charge in [-0.1, -0.05) is 25.5 Å². The molecule has 34 heavy (non-hydrogen) atoms. The first-order valence-electron chi connectivity index (χ1n) is 12.2. The smallest absolute Gasteiger partial charge is 0.410 e. The van der Waals surface area contributed by atoms with Crippen LogP contribution in [0.15, 0.2) is 35.9 Å². The van der Waals surface area contributed by atoms with Gasteiger partial charge in [0.2, 0.25) is 0 Å². The number of rotatable bonds is 12. The number of amides is 1. The summed E-state index contributed by atoms with van der Waals surface area (Å²) in [6.07, 6.45) is 7.89. The van der Waals surface area contributed by atoms with Gasteiger partial charge in [0.15, 0.2) is 5.03 Å². The predicted octanol–water partition coefficient (Wildman–Crippen LogP) is 5.07. The van der Waals surface area contributed by atoms with Crippen molar-refractivity contribution in [1.82, 2.24) is 9.88 Å². The number of hydrogen-bond acceptors (Lipinski definition) is 6. The molecule has 1 unspecified atom stereocenters. The van der Waals surface area contributed by atoms with E-state index in [9.17, 15) is 13.2 Å². The van der Waals surface area contributed by atoms with Gasteiger partial charge in [0.05, 0.1) is 0 Å². The number of nitrogens with one attached hydrogen (secondary N) is 1.